The van der Waals surface area contributed by atoms with Crippen LogP contribution in [0.3, 0.4) is 0 Å². The molecular formula is C14H16ClFN2O3. The fourth-order valence-electron chi connectivity index (χ4n) is 2.44. The summed E-state index contributed by atoms with van der Waals surface area (Å²) in [6.45, 7) is 1.49. The molecule has 1 saturated heterocycles. The zero-order chi connectivity index (χ0) is 15.4. The van der Waals surface area contributed by atoms with Gasteiger partial charge in [-0.1, -0.05) is 11.6 Å². The van der Waals surface area contributed by atoms with Gasteiger partial charge in [0.25, 0.3) is 5.91 Å². The lowest BCUT2D eigenvalue weighted by Gasteiger charge is -2.29. The second kappa shape index (κ2) is 6.87. The van der Waals surface area contributed by atoms with Crippen molar-refractivity contribution in [2.45, 2.75) is 12.8 Å². The number of carbonyl (C=O) groups excluding carboxylic acids is 2. The number of aliphatic carboxylic acids is 1. The minimum Gasteiger partial charge on any atom is -0.550 e. The molecule has 21 heavy (non-hydrogen) atoms. The van der Waals surface area contributed by atoms with E-state index in [2.05, 4.69) is 5.32 Å². The molecule has 0 atom stereocenters. The first-order valence-electron chi connectivity index (χ1n) is 6.75. The predicted molar refractivity (Wildman–Crippen MR) is 73.3 cm³/mol. The van der Waals surface area contributed by atoms with Crippen molar-refractivity contribution in [3.63, 3.8) is 0 Å². The topological polar surface area (TPSA) is 73.7 Å². The molecule has 1 fully saturated rings. The number of nitrogens with one attached hydrogen (secondary N) is 2. The Balaban J connectivity index is 1.82. The number of rotatable bonds is 4. The number of carbonyl (C=O) groups is 2. The highest BCUT2D eigenvalue weighted by molar-refractivity contribution is 6.31. The van der Waals surface area contributed by atoms with Gasteiger partial charge >= 0.3 is 0 Å². The second-order valence-corrected chi connectivity index (χ2v) is 5.60. The van der Waals surface area contributed by atoms with E-state index in [0.717, 1.165) is 4.90 Å². The summed E-state index contributed by atoms with van der Waals surface area (Å²) in [6.07, 6.45) is 1.04. The minimum atomic E-state index is -1.01. The third-order valence-corrected chi connectivity index (χ3v) is 3.93. The van der Waals surface area contributed by atoms with Crippen LogP contribution < -0.4 is 15.3 Å². The minimum absolute atomic E-state index is 0.0464. The summed E-state index contributed by atoms with van der Waals surface area (Å²) in [7, 11) is 0. The van der Waals surface area contributed by atoms with Crippen molar-refractivity contribution in [2.24, 2.45) is 5.92 Å². The Hall–Kier alpha value is -1.66. The van der Waals surface area contributed by atoms with Crippen LogP contribution in [0.25, 0.3) is 0 Å². The van der Waals surface area contributed by atoms with Gasteiger partial charge in [0, 0.05) is 30.4 Å². The van der Waals surface area contributed by atoms with E-state index < -0.39 is 17.7 Å². The Morgan fingerprint density at radius 2 is 2.05 bits per heavy atom. The molecule has 1 aromatic rings. The molecule has 0 aliphatic carbocycles. The molecule has 0 saturated carbocycles. The molecule has 7 heteroatoms. The highest BCUT2D eigenvalue weighted by Crippen LogP contribution is 2.19. The van der Waals surface area contributed by atoms with Crippen LogP contribution in [-0.4, -0.2) is 31.5 Å². The first-order valence-corrected chi connectivity index (χ1v) is 7.13. The van der Waals surface area contributed by atoms with E-state index >= 15 is 0 Å². The van der Waals surface area contributed by atoms with Crippen LogP contribution in [0.5, 0.6) is 0 Å². The van der Waals surface area contributed by atoms with Gasteiger partial charge in [0.1, 0.15) is 5.82 Å². The number of halogens is 2. The number of likely N-dealkylation sites (tertiary alicyclic amines) is 1. The molecule has 2 rings (SSSR count). The molecule has 5 nitrogen and oxygen atoms in total. The van der Waals surface area contributed by atoms with Gasteiger partial charge in [-0.2, -0.15) is 0 Å². The Labute approximate surface area is 126 Å². The Morgan fingerprint density at radius 1 is 1.38 bits per heavy atom. The highest BCUT2D eigenvalue weighted by atomic mass is 35.5. The Morgan fingerprint density at radius 3 is 2.62 bits per heavy atom. The quantitative estimate of drug-likeness (QED) is 0.784. The first-order chi connectivity index (χ1) is 9.95. The number of anilines is 1. The van der Waals surface area contributed by atoms with Crippen LogP contribution in [-0.2, 0) is 9.59 Å². The normalized spacial score (nSPS) is 21.8. The molecule has 0 bridgehead atoms. The molecule has 1 aliphatic heterocycles. The summed E-state index contributed by atoms with van der Waals surface area (Å²) >= 11 is 5.64. The van der Waals surface area contributed by atoms with Gasteiger partial charge in [-0.3, -0.25) is 4.79 Å². The molecule has 0 unspecified atom stereocenters. The van der Waals surface area contributed by atoms with E-state index in [4.69, 9.17) is 11.6 Å². The average Bonchev–Trinajstić information content (AvgIpc) is 2.43. The van der Waals surface area contributed by atoms with E-state index in [1.165, 1.54) is 18.2 Å². The van der Waals surface area contributed by atoms with Crippen LogP contribution >= 0.6 is 11.6 Å². The van der Waals surface area contributed by atoms with Crippen molar-refractivity contribution in [3.05, 3.63) is 29.0 Å². The van der Waals surface area contributed by atoms with Gasteiger partial charge in [-0.15, -0.1) is 0 Å². The van der Waals surface area contributed by atoms with Gasteiger partial charge < -0.3 is 20.1 Å². The SMILES string of the molecule is O=C(C[NH+]1CCC(C(=O)[O-])CC1)Nc1ccc(F)c(Cl)c1. The predicted octanol–water partition coefficient (Wildman–Crippen LogP) is -0.538. The molecule has 1 heterocycles. The van der Waals surface area contributed by atoms with Gasteiger partial charge in [-0.05, 0) is 18.2 Å². The molecular weight excluding hydrogens is 299 g/mol. The number of benzene rings is 1. The second-order valence-electron chi connectivity index (χ2n) is 5.20. The lowest BCUT2D eigenvalue weighted by atomic mass is 9.97. The fourth-order valence-corrected chi connectivity index (χ4v) is 2.63. The maximum absolute atomic E-state index is 13.0. The van der Waals surface area contributed by atoms with Crippen LogP contribution in [0.15, 0.2) is 18.2 Å². The first kappa shape index (κ1) is 15.7. The third kappa shape index (κ3) is 4.41. The molecule has 2 N–H and O–H groups in total. The fraction of sp³-hybridized carbons (Fsp3) is 0.429. The van der Waals surface area contributed by atoms with Crippen LogP contribution in [0, 0.1) is 11.7 Å². The van der Waals surface area contributed by atoms with Gasteiger partial charge in [-0.25, -0.2) is 4.39 Å². The summed E-state index contributed by atoms with van der Waals surface area (Å²) in [4.78, 5) is 23.7. The van der Waals surface area contributed by atoms with Crippen LogP contribution in [0.2, 0.25) is 5.02 Å². The van der Waals surface area contributed by atoms with Gasteiger partial charge in [0.15, 0.2) is 6.54 Å². The summed E-state index contributed by atoms with van der Waals surface area (Å²) in [6, 6.07) is 3.99. The van der Waals surface area contributed by atoms with E-state index in [-0.39, 0.29) is 17.5 Å². The summed E-state index contributed by atoms with van der Waals surface area (Å²) in [5.74, 6) is -2.17. The third-order valence-electron chi connectivity index (χ3n) is 3.64. The lowest BCUT2D eigenvalue weighted by Crippen LogP contribution is -3.14. The molecule has 1 aliphatic rings. The van der Waals surface area contributed by atoms with E-state index in [1.54, 1.807) is 0 Å². The summed E-state index contributed by atoms with van der Waals surface area (Å²) in [5, 5.41) is 13.3. The van der Waals surface area contributed by atoms with Crippen molar-refractivity contribution in [2.75, 3.05) is 25.0 Å². The zero-order valence-electron chi connectivity index (χ0n) is 11.3. The molecule has 114 valence electrons. The molecule has 0 aromatic heterocycles. The molecule has 1 amide bonds. The summed E-state index contributed by atoms with van der Waals surface area (Å²) < 4.78 is 13.0. The number of carboxylic acids is 1. The Kier molecular flexibility index (Phi) is 5.14. The highest BCUT2D eigenvalue weighted by Gasteiger charge is 2.24. The molecule has 1 aromatic carbocycles. The van der Waals surface area contributed by atoms with Gasteiger partial charge in [0.2, 0.25) is 0 Å². The number of hydrogen-bond acceptors (Lipinski definition) is 3. The standard InChI is InChI=1S/C14H16ClFN2O3/c15-11-7-10(1-2-12(11)16)17-13(19)8-18-5-3-9(4-6-18)14(20)21/h1-2,7,9H,3-6,8H2,(H,17,19)(H,20,21). The van der Waals surface area contributed by atoms with Crippen molar-refractivity contribution in [1.82, 2.24) is 0 Å². The lowest BCUT2D eigenvalue weighted by molar-refractivity contribution is -0.897. The Bertz CT molecular complexity index is 545. The van der Waals surface area contributed by atoms with Crippen LogP contribution in [0.1, 0.15) is 12.8 Å². The van der Waals surface area contributed by atoms with Crippen molar-refractivity contribution in [1.29, 1.82) is 0 Å². The number of hydrogen-bond donors (Lipinski definition) is 2. The molecule has 0 spiro atoms. The van der Waals surface area contributed by atoms with Crippen molar-refractivity contribution < 1.29 is 24.0 Å². The number of amides is 1. The van der Waals surface area contributed by atoms with Crippen LogP contribution in [0.4, 0.5) is 10.1 Å². The van der Waals surface area contributed by atoms with E-state index in [0.29, 0.717) is 31.6 Å². The van der Waals surface area contributed by atoms with E-state index in [9.17, 15) is 19.1 Å². The van der Waals surface area contributed by atoms with Crippen molar-refractivity contribution >= 4 is 29.2 Å². The average molecular weight is 315 g/mol. The van der Waals surface area contributed by atoms with Crippen molar-refractivity contribution in [3.8, 4) is 0 Å². The maximum Gasteiger partial charge on any atom is 0.279 e. The smallest absolute Gasteiger partial charge is 0.279 e. The van der Waals surface area contributed by atoms with E-state index in [1.807, 2.05) is 0 Å². The molecule has 0 radical (unpaired) electrons. The maximum atomic E-state index is 13.0. The number of carboxylic acid groups (broad SMARTS) is 1. The monoisotopic (exact) mass is 314 g/mol. The summed E-state index contributed by atoms with van der Waals surface area (Å²) in [5.41, 5.74) is 0.440. The number of piperidine rings is 1. The largest absolute Gasteiger partial charge is 0.550 e. The zero-order valence-corrected chi connectivity index (χ0v) is 12.1. The van der Waals surface area contributed by atoms with Gasteiger partial charge in [0.05, 0.1) is 18.1 Å². The number of quaternary nitrogens is 1.